The highest BCUT2D eigenvalue weighted by atomic mass is 16.1. The van der Waals surface area contributed by atoms with Crippen LogP contribution in [0.25, 0.3) is 0 Å². The molecule has 0 aromatic heterocycles. The minimum atomic E-state index is -0.0601. The van der Waals surface area contributed by atoms with Gasteiger partial charge in [0.15, 0.2) is 0 Å². The van der Waals surface area contributed by atoms with Crippen LogP contribution in [0.4, 0.5) is 0 Å². The summed E-state index contributed by atoms with van der Waals surface area (Å²) >= 11 is 0. The largest absolute Gasteiger partial charge is 0.303 e. The Labute approximate surface area is 98.6 Å². The number of carbonyl (C=O) groups excluding carboxylic acids is 1. The minimum absolute atomic E-state index is 0.0601. The highest BCUT2D eigenvalue weighted by Crippen LogP contribution is 2.15. The van der Waals surface area contributed by atoms with Gasteiger partial charge in [0.2, 0.25) is 0 Å². The molecule has 1 atom stereocenters. The lowest BCUT2D eigenvalue weighted by atomic mass is 10.0. The molecule has 0 spiro atoms. The molecule has 0 saturated heterocycles. The van der Waals surface area contributed by atoms with E-state index in [9.17, 15) is 4.79 Å². The molecule has 0 aromatic rings. The van der Waals surface area contributed by atoms with Crippen molar-refractivity contribution in [2.24, 2.45) is 5.92 Å². The van der Waals surface area contributed by atoms with E-state index in [2.05, 4.69) is 26.2 Å². The molecule has 0 aromatic carbocycles. The van der Waals surface area contributed by atoms with E-state index < -0.39 is 0 Å². The zero-order chi connectivity index (χ0) is 12.4. The van der Waals surface area contributed by atoms with Gasteiger partial charge in [-0.1, -0.05) is 63.5 Å². The van der Waals surface area contributed by atoms with Crippen molar-refractivity contribution >= 4 is 6.29 Å². The molecular formula is C15H20O. The van der Waals surface area contributed by atoms with Gasteiger partial charge in [0.05, 0.1) is 0 Å². The molecule has 0 rings (SSSR count). The van der Waals surface area contributed by atoms with E-state index in [1.807, 2.05) is 25.2 Å². The van der Waals surface area contributed by atoms with Crippen molar-refractivity contribution in [1.82, 2.24) is 0 Å². The van der Waals surface area contributed by atoms with E-state index >= 15 is 0 Å². The lowest BCUT2D eigenvalue weighted by molar-refractivity contribution is -0.109. The Balaban J connectivity index is 5.01. The van der Waals surface area contributed by atoms with Crippen molar-refractivity contribution < 1.29 is 4.79 Å². The van der Waals surface area contributed by atoms with Crippen LogP contribution in [0.3, 0.4) is 0 Å². The Morgan fingerprint density at radius 2 is 2.00 bits per heavy atom. The normalized spacial score (nSPS) is 14.9. The van der Waals surface area contributed by atoms with E-state index in [0.717, 1.165) is 23.9 Å². The van der Waals surface area contributed by atoms with E-state index in [0.29, 0.717) is 0 Å². The van der Waals surface area contributed by atoms with Crippen LogP contribution in [0.2, 0.25) is 0 Å². The van der Waals surface area contributed by atoms with Crippen molar-refractivity contribution in [2.75, 3.05) is 0 Å². The first-order valence-electron chi connectivity index (χ1n) is 5.48. The first kappa shape index (κ1) is 14.4. The summed E-state index contributed by atoms with van der Waals surface area (Å²) in [5.74, 6) is -0.0601. The van der Waals surface area contributed by atoms with Crippen LogP contribution in [0.1, 0.15) is 20.3 Å². The van der Waals surface area contributed by atoms with Crippen molar-refractivity contribution in [2.45, 2.75) is 20.3 Å². The second kappa shape index (κ2) is 8.66. The Morgan fingerprint density at radius 3 is 2.44 bits per heavy atom. The fourth-order valence-electron chi connectivity index (χ4n) is 1.21. The molecule has 0 heterocycles. The SMILES string of the molecule is C=C/C=C(C=C)/C(/C=C\C(C)C=O)=C/CC. The van der Waals surface area contributed by atoms with Gasteiger partial charge in [-0.05, 0) is 17.6 Å². The summed E-state index contributed by atoms with van der Waals surface area (Å²) in [4.78, 5) is 10.5. The van der Waals surface area contributed by atoms with Crippen LogP contribution in [0, 0.1) is 5.92 Å². The average molecular weight is 216 g/mol. The van der Waals surface area contributed by atoms with Gasteiger partial charge in [-0.15, -0.1) is 0 Å². The summed E-state index contributed by atoms with van der Waals surface area (Å²) in [6.07, 6.45) is 13.2. The molecule has 0 bridgehead atoms. The minimum Gasteiger partial charge on any atom is -0.303 e. The average Bonchev–Trinajstić information content (AvgIpc) is 2.31. The van der Waals surface area contributed by atoms with Gasteiger partial charge in [0, 0.05) is 5.92 Å². The molecule has 0 N–H and O–H groups in total. The third-order valence-electron chi connectivity index (χ3n) is 2.07. The van der Waals surface area contributed by atoms with E-state index in [1.54, 1.807) is 12.2 Å². The Morgan fingerprint density at radius 1 is 1.31 bits per heavy atom. The molecule has 0 radical (unpaired) electrons. The van der Waals surface area contributed by atoms with Gasteiger partial charge < -0.3 is 4.79 Å². The molecule has 0 aliphatic heterocycles. The van der Waals surface area contributed by atoms with Crippen LogP contribution < -0.4 is 0 Å². The Hall–Kier alpha value is -1.63. The zero-order valence-electron chi connectivity index (χ0n) is 10.1. The lowest BCUT2D eigenvalue weighted by Gasteiger charge is -2.03. The Kier molecular flexibility index (Phi) is 7.78. The van der Waals surface area contributed by atoms with Gasteiger partial charge in [-0.2, -0.15) is 0 Å². The summed E-state index contributed by atoms with van der Waals surface area (Å²) in [7, 11) is 0. The molecule has 0 aliphatic rings. The maximum Gasteiger partial charge on any atom is 0.126 e. The van der Waals surface area contributed by atoms with Crippen molar-refractivity contribution in [3.05, 3.63) is 60.8 Å². The second-order valence-corrected chi connectivity index (χ2v) is 3.48. The molecule has 1 unspecified atom stereocenters. The molecule has 0 fully saturated rings. The fraction of sp³-hybridized carbons (Fsp3) is 0.267. The van der Waals surface area contributed by atoms with Crippen LogP contribution in [0.5, 0.6) is 0 Å². The maximum atomic E-state index is 10.5. The summed E-state index contributed by atoms with van der Waals surface area (Å²) in [5.41, 5.74) is 2.09. The molecule has 86 valence electrons. The van der Waals surface area contributed by atoms with E-state index in [4.69, 9.17) is 0 Å². The summed E-state index contributed by atoms with van der Waals surface area (Å²) in [6, 6.07) is 0. The van der Waals surface area contributed by atoms with Gasteiger partial charge in [0.1, 0.15) is 6.29 Å². The highest BCUT2D eigenvalue weighted by Gasteiger charge is 1.98. The molecule has 0 aliphatic carbocycles. The van der Waals surface area contributed by atoms with Crippen molar-refractivity contribution in [1.29, 1.82) is 0 Å². The van der Waals surface area contributed by atoms with Crippen molar-refractivity contribution in [3.8, 4) is 0 Å². The van der Waals surface area contributed by atoms with Gasteiger partial charge >= 0.3 is 0 Å². The van der Waals surface area contributed by atoms with Crippen LogP contribution >= 0.6 is 0 Å². The highest BCUT2D eigenvalue weighted by molar-refractivity contribution is 5.57. The van der Waals surface area contributed by atoms with Gasteiger partial charge in [0.25, 0.3) is 0 Å². The molecule has 1 nitrogen and oxygen atoms in total. The van der Waals surface area contributed by atoms with E-state index in [1.165, 1.54) is 0 Å². The van der Waals surface area contributed by atoms with Gasteiger partial charge in [-0.25, -0.2) is 0 Å². The maximum absolute atomic E-state index is 10.5. The first-order valence-corrected chi connectivity index (χ1v) is 5.48. The van der Waals surface area contributed by atoms with E-state index in [-0.39, 0.29) is 5.92 Å². The predicted octanol–water partition coefficient (Wildman–Crippen LogP) is 4.01. The molecule has 0 saturated carbocycles. The number of hydrogen-bond acceptors (Lipinski definition) is 1. The third kappa shape index (κ3) is 5.30. The fourth-order valence-corrected chi connectivity index (χ4v) is 1.21. The summed E-state index contributed by atoms with van der Waals surface area (Å²) in [5, 5.41) is 0. The molecule has 1 heteroatoms. The van der Waals surface area contributed by atoms with Crippen molar-refractivity contribution in [3.63, 3.8) is 0 Å². The molecule has 16 heavy (non-hydrogen) atoms. The Bertz CT molecular complexity index is 329. The number of carbonyl (C=O) groups is 1. The first-order chi connectivity index (χ1) is 7.69. The quantitative estimate of drug-likeness (QED) is 0.464. The number of hydrogen-bond donors (Lipinski definition) is 0. The summed E-state index contributed by atoms with van der Waals surface area (Å²) in [6.45, 7) is 11.4. The lowest BCUT2D eigenvalue weighted by Crippen LogP contribution is -1.90. The third-order valence-corrected chi connectivity index (χ3v) is 2.07. The zero-order valence-corrected chi connectivity index (χ0v) is 10.1. The number of rotatable bonds is 7. The smallest absolute Gasteiger partial charge is 0.126 e. The molecule has 0 amide bonds. The number of allylic oxidation sites excluding steroid dienone is 8. The predicted molar refractivity (Wildman–Crippen MR) is 71.2 cm³/mol. The number of aldehydes is 1. The summed E-state index contributed by atoms with van der Waals surface area (Å²) < 4.78 is 0. The second-order valence-electron chi connectivity index (χ2n) is 3.48. The topological polar surface area (TPSA) is 17.1 Å². The van der Waals surface area contributed by atoms with Crippen LogP contribution in [-0.4, -0.2) is 6.29 Å². The van der Waals surface area contributed by atoms with Crippen LogP contribution in [-0.2, 0) is 4.79 Å². The van der Waals surface area contributed by atoms with Crippen LogP contribution in [0.15, 0.2) is 60.8 Å². The standard InChI is InChI=1S/C15H20O/c1-5-8-14(7-3)15(9-6-2)11-10-13(4)12-16/h5,7-13H,1,3,6H2,2,4H3/b11-10-,14-8+,15-9+. The van der Waals surface area contributed by atoms with Gasteiger partial charge in [-0.3, -0.25) is 0 Å². The monoisotopic (exact) mass is 216 g/mol. The molecular weight excluding hydrogens is 196 g/mol.